The van der Waals surface area contributed by atoms with Gasteiger partial charge in [-0.15, -0.1) is 0 Å². The topological polar surface area (TPSA) is 64.9 Å². The first-order chi connectivity index (χ1) is 8.79. The molecular weight excluding hydrogens is 226 g/mol. The quantitative estimate of drug-likeness (QED) is 0.837. The molecule has 1 fully saturated rings. The first kappa shape index (κ1) is 12.6. The molecule has 1 aliphatic heterocycles. The van der Waals surface area contributed by atoms with Gasteiger partial charge in [-0.1, -0.05) is 6.07 Å². The zero-order valence-electron chi connectivity index (χ0n) is 10.3. The van der Waals surface area contributed by atoms with E-state index < -0.39 is 0 Å². The highest BCUT2D eigenvalue weighted by Crippen LogP contribution is 2.11. The highest BCUT2D eigenvalue weighted by Gasteiger charge is 2.14. The van der Waals surface area contributed by atoms with Gasteiger partial charge < -0.3 is 10.6 Å². The number of carbonyl (C=O) groups is 1. The summed E-state index contributed by atoms with van der Waals surface area (Å²) in [5, 5.41) is 15.0. The van der Waals surface area contributed by atoms with Crippen LogP contribution < -0.4 is 10.6 Å². The average Bonchev–Trinajstić information content (AvgIpc) is 2.92. The van der Waals surface area contributed by atoms with Crippen molar-refractivity contribution >= 4 is 5.91 Å². The zero-order valence-corrected chi connectivity index (χ0v) is 10.3. The Hall–Kier alpha value is -1.86. The molecular formula is C14H17N3O. The molecule has 1 saturated heterocycles. The van der Waals surface area contributed by atoms with Crippen LogP contribution in [0.5, 0.6) is 0 Å². The molecule has 0 saturated carbocycles. The minimum Gasteiger partial charge on any atom is -0.352 e. The Labute approximate surface area is 107 Å². The molecule has 0 spiro atoms. The minimum atomic E-state index is -0.0990. The molecule has 0 bridgehead atoms. The summed E-state index contributed by atoms with van der Waals surface area (Å²) < 4.78 is 0. The van der Waals surface area contributed by atoms with Crippen molar-refractivity contribution in [2.24, 2.45) is 5.92 Å². The highest BCUT2D eigenvalue weighted by molar-refractivity contribution is 5.94. The van der Waals surface area contributed by atoms with E-state index in [0.717, 1.165) is 19.5 Å². The van der Waals surface area contributed by atoms with Gasteiger partial charge in [0.2, 0.25) is 0 Å². The lowest BCUT2D eigenvalue weighted by Crippen LogP contribution is -2.26. The Morgan fingerprint density at radius 1 is 1.56 bits per heavy atom. The molecule has 18 heavy (non-hydrogen) atoms. The molecule has 1 heterocycles. The summed E-state index contributed by atoms with van der Waals surface area (Å²) >= 11 is 0. The molecule has 0 aromatic heterocycles. The lowest BCUT2D eigenvalue weighted by atomic mass is 10.1. The number of nitrogens with zero attached hydrogens (tertiary/aromatic N) is 1. The van der Waals surface area contributed by atoms with Gasteiger partial charge in [0, 0.05) is 12.1 Å². The fourth-order valence-corrected chi connectivity index (χ4v) is 2.18. The molecule has 1 aliphatic rings. The summed E-state index contributed by atoms with van der Waals surface area (Å²) in [6, 6.07) is 8.81. The molecule has 0 radical (unpaired) electrons. The van der Waals surface area contributed by atoms with Crippen molar-refractivity contribution in [3.63, 3.8) is 0 Å². The molecule has 4 heteroatoms. The number of hydrogen-bond acceptors (Lipinski definition) is 3. The second-order valence-electron chi connectivity index (χ2n) is 4.60. The van der Waals surface area contributed by atoms with Crippen LogP contribution in [0.4, 0.5) is 0 Å². The second-order valence-corrected chi connectivity index (χ2v) is 4.60. The summed E-state index contributed by atoms with van der Waals surface area (Å²) in [5.74, 6) is 0.578. The fraction of sp³-hybridized carbons (Fsp3) is 0.429. The molecule has 1 aromatic rings. The lowest BCUT2D eigenvalue weighted by molar-refractivity contribution is 0.0951. The van der Waals surface area contributed by atoms with Crippen molar-refractivity contribution in [1.82, 2.24) is 10.6 Å². The smallest absolute Gasteiger partial charge is 0.251 e. The van der Waals surface area contributed by atoms with Crippen molar-refractivity contribution in [3.8, 4) is 6.07 Å². The van der Waals surface area contributed by atoms with Crippen LogP contribution in [-0.4, -0.2) is 25.5 Å². The van der Waals surface area contributed by atoms with Crippen LogP contribution in [0.15, 0.2) is 24.3 Å². The maximum Gasteiger partial charge on any atom is 0.251 e. The Morgan fingerprint density at radius 3 is 3.17 bits per heavy atom. The number of benzene rings is 1. The van der Waals surface area contributed by atoms with Crippen molar-refractivity contribution in [1.29, 1.82) is 5.26 Å². The van der Waals surface area contributed by atoms with Crippen LogP contribution in [-0.2, 0) is 0 Å². The fourth-order valence-electron chi connectivity index (χ4n) is 2.18. The van der Waals surface area contributed by atoms with Gasteiger partial charge in [-0.05, 0) is 50.0 Å². The van der Waals surface area contributed by atoms with Gasteiger partial charge in [-0.25, -0.2) is 0 Å². The van der Waals surface area contributed by atoms with E-state index in [9.17, 15) is 4.79 Å². The summed E-state index contributed by atoms with van der Waals surface area (Å²) in [4.78, 5) is 11.9. The van der Waals surface area contributed by atoms with E-state index in [0.29, 0.717) is 23.6 Å². The first-order valence-corrected chi connectivity index (χ1v) is 6.28. The van der Waals surface area contributed by atoms with Crippen molar-refractivity contribution < 1.29 is 4.79 Å². The van der Waals surface area contributed by atoms with Gasteiger partial charge in [0.05, 0.1) is 11.6 Å². The Balaban J connectivity index is 1.81. The molecule has 0 aliphatic carbocycles. The number of hydrogen-bond donors (Lipinski definition) is 2. The highest BCUT2D eigenvalue weighted by atomic mass is 16.1. The number of amides is 1. The third-order valence-electron chi connectivity index (χ3n) is 3.25. The maximum atomic E-state index is 11.9. The summed E-state index contributed by atoms with van der Waals surface area (Å²) in [6.45, 7) is 2.84. The van der Waals surface area contributed by atoms with Crippen LogP contribution in [0.1, 0.15) is 28.8 Å². The van der Waals surface area contributed by atoms with Gasteiger partial charge in [0.25, 0.3) is 5.91 Å². The summed E-state index contributed by atoms with van der Waals surface area (Å²) in [6.07, 6.45) is 2.20. The minimum absolute atomic E-state index is 0.0990. The molecule has 1 atom stereocenters. The monoisotopic (exact) mass is 243 g/mol. The van der Waals surface area contributed by atoms with Crippen LogP contribution in [0.25, 0.3) is 0 Å². The zero-order chi connectivity index (χ0) is 12.8. The van der Waals surface area contributed by atoms with Crippen LogP contribution in [0.2, 0.25) is 0 Å². The largest absolute Gasteiger partial charge is 0.352 e. The number of nitrogens with one attached hydrogen (secondary N) is 2. The lowest BCUT2D eigenvalue weighted by Gasteiger charge is -2.09. The molecule has 1 aromatic carbocycles. The van der Waals surface area contributed by atoms with E-state index in [1.54, 1.807) is 24.3 Å². The van der Waals surface area contributed by atoms with Crippen LogP contribution >= 0.6 is 0 Å². The van der Waals surface area contributed by atoms with E-state index >= 15 is 0 Å². The normalized spacial score (nSPS) is 18.3. The molecule has 2 rings (SSSR count). The van der Waals surface area contributed by atoms with E-state index in [1.807, 2.05) is 6.07 Å². The predicted molar refractivity (Wildman–Crippen MR) is 69.1 cm³/mol. The SMILES string of the molecule is N#Cc1cccc(C(=O)NCCC2CCNC2)c1. The third-order valence-corrected chi connectivity index (χ3v) is 3.25. The third kappa shape index (κ3) is 3.31. The van der Waals surface area contributed by atoms with E-state index in [4.69, 9.17) is 5.26 Å². The average molecular weight is 243 g/mol. The van der Waals surface area contributed by atoms with Crippen molar-refractivity contribution in [2.45, 2.75) is 12.8 Å². The van der Waals surface area contributed by atoms with Crippen LogP contribution in [0.3, 0.4) is 0 Å². The van der Waals surface area contributed by atoms with Gasteiger partial charge in [-0.3, -0.25) is 4.79 Å². The number of carbonyl (C=O) groups excluding carboxylic acids is 1. The van der Waals surface area contributed by atoms with Crippen LogP contribution in [0, 0.1) is 17.2 Å². The predicted octanol–water partition coefficient (Wildman–Crippen LogP) is 1.29. The molecule has 94 valence electrons. The van der Waals surface area contributed by atoms with Gasteiger partial charge in [-0.2, -0.15) is 5.26 Å². The molecule has 1 unspecified atom stereocenters. The van der Waals surface area contributed by atoms with Gasteiger partial charge in [0.15, 0.2) is 0 Å². The Bertz CT molecular complexity index is 458. The molecule has 2 N–H and O–H groups in total. The van der Waals surface area contributed by atoms with Gasteiger partial charge in [0.1, 0.15) is 0 Å². The second kappa shape index (κ2) is 6.18. The standard InChI is InChI=1S/C14H17N3O/c15-9-12-2-1-3-13(8-12)14(18)17-7-5-11-4-6-16-10-11/h1-3,8,11,16H,4-7,10H2,(H,17,18). The van der Waals surface area contributed by atoms with Crippen molar-refractivity contribution in [2.75, 3.05) is 19.6 Å². The number of rotatable bonds is 4. The van der Waals surface area contributed by atoms with E-state index in [1.165, 1.54) is 6.42 Å². The van der Waals surface area contributed by atoms with Crippen molar-refractivity contribution in [3.05, 3.63) is 35.4 Å². The van der Waals surface area contributed by atoms with E-state index in [2.05, 4.69) is 10.6 Å². The summed E-state index contributed by atoms with van der Waals surface area (Å²) in [5.41, 5.74) is 1.07. The maximum absolute atomic E-state index is 11.9. The number of nitriles is 1. The summed E-state index contributed by atoms with van der Waals surface area (Å²) in [7, 11) is 0. The molecule has 1 amide bonds. The van der Waals surface area contributed by atoms with E-state index in [-0.39, 0.29) is 5.91 Å². The van der Waals surface area contributed by atoms with Gasteiger partial charge >= 0.3 is 0 Å². The molecule has 4 nitrogen and oxygen atoms in total. The first-order valence-electron chi connectivity index (χ1n) is 6.28. The Morgan fingerprint density at radius 2 is 2.44 bits per heavy atom. The Kier molecular flexibility index (Phi) is 4.32.